The fourth-order valence-corrected chi connectivity index (χ4v) is 1.68. The van der Waals surface area contributed by atoms with Gasteiger partial charge in [-0.1, -0.05) is 0 Å². The lowest BCUT2D eigenvalue weighted by Crippen LogP contribution is -2.14. The summed E-state index contributed by atoms with van der Waals surface area (Å²) in [5, 5.41) is 11.1. The number of benzene rings is 1. The second-order valence-electron chi connectivity index (χ2n) is 4.24. The summed E-state index contributed by atoms with van der Waals surface area (Å²) < 4.78 is 15.3. The van der Waals surface area contributed by atoms with Crippen LogP contribution in [0.3, 0.4) is 0 Å². The summed E-state index contributed by atoms with van der Waals surface area (Å²) in [7, 11) is 0. The standard InChI is InChI=1S/C13H13FN4O3/c14-9-5-8(13(20)21)1-2-10(9)17-12(19)11-6-18(4-3-15)7-16-11/h1-2,5-7H,3-4,15H2,(H,17,19)(H,20,21). The van der Waals surface area contributed by atoms with Crippen molar-refractivity contribution in [3.63, 3.8) is 0 Å². The summed E-state index contributed by atoms with van der Waals surface area (Å²) in [6.45, 7) is 0.921. The summed E-state index contributed by atoms with van der Waals surface area (Å²) in [5.74, 6) is -2.66. The first-order valence-corrected chi connectivity index (χ1v) is 6.07. The van der Waals surface area contributed by atoms with Gasteiger partial charge in [0.15, 0.2) is 0 Å². The summed E-state index contributed by atoms with van der Waals surface area (Å²) >= 11 is 0. The van der Waals surface area contributed by atoms with Crippen LogP contribution >= 0.6 is 0 Å². The van der Waals surface area contributed by atoms with Crippen molar-refractivity contribution in [2.24, 2.45) is 5.73 Å². The van der Waals surface area contributed by atoms with Gasteiger partial charge in [-0.15, -0.1) is 0 Å². The van der Waals surface area contributed by atoms with Crippen molar-refractivity contribution >= 4 is 17.6 Å². The van der Waals surface area contributed by atoms with Crippen LogP contribution in [0.25, 0.3) is 0 Å². The molecule has 0 aliphatic rings. The molecule has 1 aromatic heterocycles. The Morgan fingerprint density at radius 2 is 2.19 bits per heavy atom. The van der Waals surface area contributed by atoms with Crippen LogP contribution < -0.4 is 11.1 Å². The minimum atomic E-state index is -1.24. The molecule has 0 spiro atoms. The van der Waals surface area contributed by atoms with Crippen molar-refractivity contribution in [1.29, 1.82) is 0 Å². The number of anilines is 1. The highest BCUT2D eigenvalue weighted by Gasteiger charge is 2.13. The zero-order valence-electron chi connectivity index (χ0n) is 10.9. The molecule has 4 N–H and O–H groups in total. The molecule has 0 bridgehead atoms. The molecule has 0 fully saturated rings. The molecule has 0 atom stereocenters. The van der Waals surface area contributed by atoms with E-state index in [1.807, 2.05) is 0 Å². The molecular weight excluding hydrogens is 279 g/mol. The number of nitrogens with one attached hydrogen (secondary N) is 1. The zero-order valence-corrected chi connectivity index (χ0v) is 10.9. The topological polar surface area (TPSA) is 110 Å². The summed E-state index contributed by atoms with van der Waals surface area (Å²) in [6.07, 6.45) is 2.94. The van der Waals surface area contributed by atoms with Crippen LogP contribution in [-0.2, 0) is 6.54 Å². The molecule has 1 amide bonds. The first-order valence-electron chi connectivity index (χ1n) is 6.07. The van der Waals surface area contributed by atoms with Crippen LogP contribution in [0.2, 0.25) is 0 Å². The van der Waals surface area contributed by atoms with Crippen molar-refractivity contribution in [3.05, 3.63) is 47.8 Å². The number of aromatic nitrogens is 2. The van der Waals surface area contributed by atoms with Crippen molar-refractivity contribution in [1.82, 2.24) is 9.55 Å². The minimum absolute atomic E-state index is 0.113. The smallest absolute Gasteiger partial charge is 0.335 e. The van der Waals surface area contributed by atoms with E-state index in [1.165, 1.54) is 24.7 Å². The summed E-state index contributed by atoms with van der Waals surface area (Å²) in [4.78, 5) is 26.5. The Balaban J connectivity index is 2.13. The van der Waals surface area contributed by atoms with E-state index in [4.69, 9.17) is 10.8 Å². The van der Waals surface area contributed by atoms with Gasteiger partial charge in [-0.05, 0) is 18.2 Å². The number of halogens is 1. The number of hydrogen-bond donors (Lipinski definition) is 3. The maximum atomic E-state index is 13.7. The lowest BCUT2D eigenvalue weighted by molar-refractivity contribution is 0.0696. The molecule has 0 saturated heterocycles. The monoisotopic (exact) mass is 292 g/mol. The lowest BCUT2D eigenvalue weighted by atomic mass is 10.2. The fraction of sp³-hybridized carbons (Fsp3) is 0.154. The predicted molar refractivity (Wildman–Crippen MR) is 72.6 cm³/mol. The van der Waals surface area contributed by atoms with E-state index in [9.17, 15) is 14.0 Å². The number of hydrogen-bond acceptors (Lipinski definition) is 4. The van der Waals surface area contributed by atoms with Gasteiger partial charge in [-0.25, -0.2) is 14.2 Å². The van der Waals surface area contributed by atoms with Gasteiger partial charge < -0.3 is 20.7 Å². The molecule has 0 radical (unpaired) electrons. The Hall–Kier alpha value is -2.74. The number of nitrogens with zero attached hydrogens (tertiary/aromatic N) is 2. The van der Waals surface area contributed by atoms with E-state index in [0.29, 0.717) is 13.1 Å². The third-order valence-electron chi connectivity index (χ3n) is 2.72. The normalized spacial score (nSPS) is 10.4. The minimum Gasteiger partial charge on any atom is -0.478 e. The third-order valence-corrected chi connectivity index (χ3v) is 2.72. The van der Waals surface area contributed by atoms with Crippen LogP contribution in [0.1, 0.15) is 20.8 Å². The van der Waals surface area contributed by atoms with Crippen LogP contribution in [0, 0.1) is 5.82 Å². The Morgan fingerprint density at radius 1 is 1.43 bits per heavy atom. The van der Waals surface area contributed by atoms with Gasteiger partial charge in [-0.2, -0.15) is 0 Å². The Bertz CT molecular complexity index is 684. The molecule has 0 saturated carbocycles. The van der Waals surface area contributed by atoms with Crippen LogP contribution in [-0.4, -0.2) is 33.1 Å². The maximum Gasteiger partial charge on any atom is 0.335 e. The highest BCUT2D eigenvalue weighted by atomic mass is 19.1. The van der Waals surface area contributed by atoms with Crippen LogP contribution in [0.15, 0.2) is 30.7 Å². The van der Waals surface area contributed by atoms with E-state index >= 15 is 0 Å². The molecule has 2 rings (SSSR count). The molecule has 7 nitrogen and oxygen atoms in total. The molecule has 110 valence electrons. The summed E-state index contributed by atoms with van der Waals surface area (Å²) in [6, 6.07) is 3.23. The first-order chi connectivity index (χ1) is 10.0. The quantitative estimate of drug-likeness (QED) is 0.759. The van der Waals surface area contributed by atoms with Gasteiger partial charge in [-0.3, -0.25) is 4.79 Å². The third kappa shape index (κ3) is 3.42. The van der Waals surface area contributed by atoms with E-state index in [-0.39, 0.29) is 16.9 Å². The molecule has 0 aliphatic heterocycles. The first kappa shape index (κ1) is 14.7. The van der Waals surface area contributed by atoms with Crippen molar-refractivity contribution in [2.75, 3.05) is 11.9 Å². The Labute approximate surface area is 119 Å². The molecular formula is C13H13FN4O3. The molecule has 0 unspecified atom stereocenters. The second kappa shape index (κ2) is 6.14. The molecule has 8 heteroatoms. The average molecular weight is 292 g/mol. The van der Waals surface area contributed by atoms with Gasteiger partial charge >= 0.3 is 5.97 Å². The van der Waals surface area contributed by atoms with E-state index in [2.05, 4.69) is 10.3 Å². The number of aromatic carboxylic acids is 1. The number of nitrogens with two attached hydrogens (primary N) is 1. The average Bonchev–Trinajstić information content (AvgIpc) is 2.90. The zero-order chi connectivity index (χ0) is 15.4. The number of carbonyl (C=O) groups is 2. The lowest BCUT2D eigenvalue weighted by Gasteiger charge is -2.05. The van der Waals surface area contributed by atoms with Gasteiger partial charge in [0, 0.05) is 19.3 Å². The molecule has 0 aliphatic carbocycles. The summed E-state index contributed by atoms with van der Waals surface area (Å²) in [5.41, 5.74) is 5.19. The Kier molecular flexibility index (Phi) is 4.29. The highest BCUT2D eigenvalue weighted by molar-refractivity contribution is 6.03. The fourth-order valence-electron chi connectivity index (χ4n) is 1.68. The van der Waals surface area contributed by atoms with Gasteiger partial charge in [0.1, 0.15) is 11.5 Å². The molecule has 1 aromatic carbocycles. The van der Waals surface area contributed by atoms with Gasteiger partial charge in [0.25, 0.3) is 5.91 Å². The van der Waals surface area contributed by atoms with Crippen LogP contribution in [0.5, 0.6) is 0 Å². The maximum absolute atomic E-state index is 13.7. The Morgan fingerprint density at radius 3 is 2.81 bits per heavy atom. The van der Waals surface area contributed by atoms with E-state index < -0.39 is 17.7 Å². The number of imidazole rings is 1. The number of rotatable bonds is 5. The SMILES string of the molecule is NCCn1cnc(C(=O)Nc2ccc(C(=O)O)cc2F)c1. The number of carbonyl (C=O) groups excluding carboxylic acids is 1. The number of amides is 1. The van der Waals surface area contributed by atoms with E-state index in [1.54, 1.807) is 4.57 Å². The van der Waals surface area contributed by atoms with E-state index in [0.717, 1.165) is 6.07 Å². The van der Waals surface area contributed by atoms with Crippen molar-refractivity contribution < 1.29 is 19.1 Å². The van der Waals surface area contributed by atoms with Gasteiger partial charge in [0.2, 0.25) is 0 Å². The highest BCUT2D eigenvalue weighted by Crippen LogP contribution is 2.16. The number of carboxylic acid groups (broad SMARTS) is 1. The predicted octanol–water partition coefficient (Wildman–Crippen LogP) is 0.931. The van der Waals surface area contributed by atoms with Gasteiger partial charge in [0.05, 0.1) is 17.6 Å². The largest absolute Gasteiger partial charge is 0.478 e. The number of carboxylic acids is 1. The molecule has 2 aromatic rings. The van der Waals surface area contributed by atoms with Crippen molar-refractivity contribution in [2.45, 2.75) is 6.54 Å². The second-order valence-corrected chi connectivity index (χ2v) is 4.24. The molecule has 21 heavy (non-hydrogen) atoms. The molecule has 1 heterocycles. The van der Waals surface area contributed by atoms with Crippen molar-refractivity contribution in [3.8, 4) is 0 Å². The van der Waals surface area contributed by atoms with Crippen LogP contribution in [0.4, 0.5) is 10.1 Å².